The first-order valence-electron chi connectivity index (χ1n) is 13.7. The summed E-state index contributed by atoms with van der Waals surface area (Å²) in [6, 6.07) is 8.31. The molecule has 1 spiro atoms. The van der Waals surface area contributed by atoms with E-state index in [1.54, 1.807) is 0 Å². The summed E-state index contributed by atoms with van der Waals surface area (Å²) in [5.74, 6) is 0.363. The second-order valence-corrected chi connectivity index (χ2v) is 12.2. The summed E-state index contributed by atoms with van der Waals surface area (Å²) in [6.07, 6.45) is 7.46. The summed E-state index contributed by atoms with van der Waals surface area (Å²) in [5.41, 5.74) is 0.987. The molecule has 3 aliphatic heterocycles. The lowest BCUT2D eigenvalue weighted by Crippen LogP contribution is -2.68. The van der Waals surface area contributed by atoms with Crippen LogP contribution in [0.25, 0.3) is 0 Å². The van der Waals surface area contributed by atoms with Crippen molar-refractivity contribution in [2.24, 2.45) is 5.41 Å². The predicted molar refractivity (Wildman–Crippen MR) is 137 cm³/mol. The van der Waals surface area contributed by atoms with Crippen molar-refractivity contribution in [3.05, 3.63) is 29.8 Å². The molecule has 6 heteroatoms. The number of hydroxylamine groups is 2. The zero-order valence-corrected chi connectivity index (χ0v) is 22.9. The number of epoxide rings is 1. The molecule has 0 aromatic heterocycles. The first-order chi connectivity index (χ1) is 16.6. The number of benzene rings is 1. The lowest BCUT2D eigenvalue weighted by atomic mass is 9.75. The van der Waals surface area contributed by atoms with Gasteiger partial charge in [-0.05, 0) is 64.7 Å². The van der Waals surface area contributed by atoms with Crippen molar-refractivity contribution in [2.75, 3.05) is 33.0 Å². The van der Waals surface area contributed by atoms with E-state index in [1.807, 2.05) is 12.1 Å². The van der Waals surface area contributed by atoms with E-state index < -0.39 is 5.79 Å². The molecule has 0 amide bonds. The number of ether oxygens (including phenoxy) is 4. The Labute approximate surface area is 212 Å². The molecule has 4 rings (SSSR count). The van der Waals surface area contributed by atoms with Gasteiger partial charge in [0.15, 0.2) is 5.79 Å². The number of hydrogen-bond acceptors (Lipinski definition) is 6. The van der Waals surface area contributed by atoms with Crippen LogP contribution in [-0.4, -0.2) is 61.1 Å². The Morgan fingerprint density at radius 3 is 2.14 bits per heavy atom. The van der Waals surface area contributed by atoms with E-state index in [2.05, 4.69) is 58.7 Å². The number of rotatable bonds is 11. The number of piperidine rings is 1. The van der Waals surface area contributed by atoms with Crippen LogP contribution in [0.3, 0.4) is 0 Å². The molecule has 198 valence electrons. The Balaban J connectivity index is 1.31. The summed E-state index contributed by atoms with van der Waals surface area (Å²) in [6.45, 7) is 17.2. The smallest absolute Gasteiger partial charge is 0.171 e. The lowest BCUT2D eigenvalue weighted by Gasteiger charge is -2.59. The van der Waals surface area contributed by atoms with Gasteiger partial charge in [0.1, 0.15) is 18.5 Å². The van der Waals surface area contributed by atoms with Crippen LogP contribution in [0.15, 0.2) is 24.3 Å². The Bertz CT molecular complexity index is 789. The van der Waals surface area contributed by atoms with Crippen LogP contribution in [-0.2, 0) is 25.5 Å². The third-order valence-corrected chi connectivity index (χ3v) is 7.97. The van der Waals surface area contributed by atoms with Crippen molar-refractivity contribution in [3.63, 3.8) is 0 Å². The van der Waals surface area contributed by atoms with Crippen LogP contribution >= 0.6 is 0 Å². The van der Waals surface area contributed by atoms with Crippen molar-refractivity contribution in [2.45, 2.75) is 109 Å². The average Bonchev–Trinajstić information content (AvgIpc) is 3.64. The summed E-state index contributed by atoms with van der Waals surface area (Å²) < 4.78 is 24.2. The molecule has 3 fully saturated rings. The van der Waals surface area contributed by atoms with E-state index in [9.17, 15) is 0 Å². The van der Waals surface area contributed by atoms with Gasteiger partial charge >= 0.3 is 0 Å². The maximum Gasteiger partial charge on any atom is 0.171 e. The van der Waals surface area contributed by atoms with Crippen molar-refractivity contribution in [3.8, 4) is 5.75 Å². The molecule has 3 saturated heterocycles. The molecule has 0 N–H and O–H groups in total. The molecule has 1 atom stereocenters. The summed E-state index contributed by atoms with van der Waals surface area (Å²) in [5, 5.41) is 2.20. The van der Waals surface area contributed by atoms with Gasteiger partial charge in [0.25, 0.3) is 0 Å². The minimum atomic E-state index is -0.529. The van der Waals surface area contributed by atoms with Crippen LogP contribution in [0.4, 0.5) is 0 Å². The van der Waals surface area contributed by atoms with E-state index in [0.717, 1.165) is 51.3 Å². The molecule has 35 heavy (non-hydrogen) atoms. The normalized spacial score (nSPS) is 26.5. The highest BCUT2D eigenvalue weighted by Gasteiger charge is 2.57. The number of nitrogens with zero attached hydrogens (tertiary/aromatic N) is 1. The van der Waals surface area contributed by atoms with Crippen LogP contribution in [0.2, 0.25) is 0 Å². The molecule has 1 unspecified atom stereocenters. The van der Waals surface area contributed by atoms with Crippen molar-refractivity contribution >= 4 is 0 Å². The van der Waals surface area contributed by atoms with Gasteiger partial charge in [-0.15, -0.1) is 0 Å². The van der Waals surface area contributed by atoms with Crippen LogP contribution in [0.5, 0.6) is 5.75 Å². The number of unbranched alkanes of at least 4 members (excludes halogenated alkanes) is 1. The molecule has 6 nitrogen and oxygen atoms in total. The zero-order valence-electron chi connectivity index (χ0n) is 22.9. The molecule has 0 saturated carbocycles. The Morgan fingerprint density at radius 1 is 0.971 bits per heavy atom. The number of hydrogen-bond donors (Lipinski definition) is 0. The van der Waals surface area contributed by atoms with Gasteiger partial charge in [-0.25, -0.2) is 0 Å². The molecule has 3 heterocycles. The van der Waals surface area contributed by atoms with Gasteiger partial charge in [-0.3, -0.25) is 4.84 Å². The second-order valence-electron chi connectivity index (χ2n) is 12.2. The fourth-order valence-electron chi connectivity index (χ4n) is 5.99. The maximum atomic E-state index is 6.63. The first kappa shape index (κ1) is 26.9. The monoisotopic (exact) mass is 489 g/mol. The SMILES string of the molecule is CCCCC1(CC)COC2(CC(C)(C)N(OCCc3ccc(OCC4CO4)cc3)C(C)(C)C2)OC1. The highest BCUT2D eigenvalue weighted by Crippen LogP contribution is 2.49. The van der Waals surface area contributed by atoms with Crippen molar-refractivity contribution < 1.29 is 23.8 Å². The molecular formula is C29H47NO5. The maximum absolute atomic E-state index is 6.63. The fraction of sp³-hybridized carbons (Fsp3) is 0.793. The highest BCUT2D eigenvalue weighted by molar-refractivity contribution is 5.27. The first-order valence-corrected chi connectivity index (χ1v) is 13.7. The standard InChI is InChI=1S/C29H47NO5/c1-7-9-15-28(8-2)21-33-29(34-22-28)19-26(3,4)30(27(5,6)20-29)35-16-14-23-10-12-24(13-11-23)31-17-25-18-32-25/h10-13,25H,7-9,14-22H2,1-6H3. The molecule has 1 aromatic rings. The van der Waals surface area contributed by atoms with E-state index in [0.29, 0.717) is 13.2 Å². The molecule has 0 radical (unpaired) electrons. The topological polar surface area (TPSA) is 52.7 Å². The lowest BCUT2D eigenvalue weighted by molar-refractivity contribution is -0.382. The minimum Gasteiger partial charge on any atom is -0.491 e. The molecule has 1 aromatic carbocycles. The largest absolute Gasteiger partial charge is 0.491 e. The van der Waals surface area contributed by atoms with Gasteiger partial charge in [-0.2, -0.15) is 5.06 Å². The minimum absolute atomic E-state index is 0.162. The van der Waals surface area contributed by atoms with E-state index in [-0.39, 0.29) is 22.6 Å². The molecular weight excluding hydrogens is 442 g/mol. The molecule has 0 aliphatic carbocycles. The average molecular weight is 490 g/mol. The van der Waals surface area contributed by atoms with E-state index in [1.165, 1.54) is 24.8 Å². The van der Waals surface area contributed by atoms with Crippen molar-refractivity contribution in [1.29, 1.82) is 0 Å². The third-order valence-electron chi connectivity index (χ3n) is 7.97. The van der Waals surface area contributed by atoms with Crippen LogP contribution in [0, 0.1) is 5.41 Å². The van der Waals surface area contributed by atoms with E-state index in [4.69, 9.17) is 23.8 Å². The highest BCUT2D eigenvalue weighted by atomic mass is 16.7. The quantitative estimate of drug-likeness (QED) is 0.360. The third kappa shape index (κ3) is 6.58. The van der Waals surface area contributed by atoms with Gasteiger partial charge in [0, 0.05) is 29.3 Å². The van der Waals surface area contributed by atoms with Gasteiger partial charge in [-0.1, -0.05) is 38.8 Å². The van der Waals surface area contributed by atoms with Gasteiger partial charge in [0.2, 0.25) is 0 Å². The Morgan fingerprint density at radius 2 is 1.60 bits per heavy atom. The Hall–Kier alpha value is -1.18. The van der Waals surface area contributed by atoms with Crippen LogP contribution < -0.4 is 4.74 Å². The van der Waals surface area contributed by atoms with Crippen LogP contribution in [0.1, 0.15) is 85.6 Å². The van der Waals surface area contributed by atoms with Gasteiger partial charge in [0.05, 0.1) is 26.4 Å². The summed E-state index contributed by atoms with van der Waals surface area (Å²) in [7, 11) is 0. The summed E-state index contributed by atoms with van der Waals surface area (Å²) >= 11 is 0. The second kappa shape index (κ2) is 10.7. The molecule has 0 bridgehead atoms. The van der Waals surface area contributed by atoms with Gasteiger partial charge < -0.3 is 18.9 Å². The predicted octanol–water partition coefficient (Wildman–Crippen LogP) is 5.92. The zero-order chi connectivity index (χ0) is 25.2. The summed E-state index contributed by atoms with van der Waals surface area (Å²) in [4.78, 5) is 6.46. The van der Waals surface area contributed by atoms with Crippen molar-refractivity contribution in [1.82, 2.24) is 5.06 Å². The fourth-order valence-corrected chi connectivity index (χ4v) is 5.99. The molecule has 3 aliphatic rings. The Kier molecular flexibility index (Phi) is 8.19. The van der Waals surface area contributed by atoms with E-state index >= 15 is 0 Å².